The summed E-state index contributed by atoms with van der Waals surface area (Å²) in [6.45, 7) is 7.92. The number of hydrogen-bond donors (Lipinski definition) is 1. The molecule has 0 radical (unpaired) electrons. The Hall–Kier alpha value is -0.870. The van der Waals surface area contributed by atoms with Gasteiger partial charge in [0.2, 0.25) is 0 Å². The van der Waals surface area contributed by atoms with Gasteiger partial charge >= 0.3 is 0 Å². The molecule has 1 aromatic heterocycles. The van der Waals surface area contributed by atoms with Gasteiger partial charge < -0.3 is 10.1 Å². The van der Waals surface area contributed by atoms with Crippen LogP contribution >= 0.6 is 0 Å². The highest BCUT2D eigenvalue weighted by Gasteiger charge is 2.45. The Morgan fingerprint density at radius 2 is 2.00 bits per heavy atom. The fraction of sp³-hybridized carbons (Fsp3) is 0.824. The lowest BCUT2D eigenvalue weighted by atomic mass is 9.68. The van der Waals surface area contributed by atoms with Gasteiger partial charge in [0.15, 0.2) is 0 Å². The molecule has 120 valence electrons. The van der Waals surface area contributed by atoms with Crippen molar-refractivity contribution >= 4 is 0 Å². The zero-order valence-corrected chi connectivity index (χ0v) is 14.3. The molecule has 1 saturated carbocycles. The van der Waals surface area contributed by atoms with Gasteiger partial charge in [0.1, 0.15) is 0 Å². The predicted molar refractivity (Wildman–Crippen MR) is 86.2 cm³/mol. The average Bonchev–Trinajstić information content (AvgIpc) is 2.87. The molecule has 0 aliphatic heterocycles. The minimum absolute atomic E-state index is 0.126. The first-order valence-corrected chi connectivity index (χ1v) is 8.20. The van der Waals surface area contributed by atoms with Crippen LogP contribution in [0.4, 0.5) is 0 Å². The SMILES string of the molecule is CCCNC(c1ccn(C)n1)C1(OC)CCC(C)(C)CC1. The summed E-state index contributed by atoms with van der Waals surface area (Å²) in [7, 11) is 3.84. The van der Waals surface area contributed by atoms with E-state index < -0.39 is 0 Å². The number of nitrogens with zero attached hydrogens (tertiary/aromatic N) is 2. The molecule has 0 saturated heterocycles. The highest BCUT2D eigenvalue weighted by Crippen LogP contribution is 2.47. The number of rotatable bonds is 6. The van der Waals surface area contributed by atoms with Crippen LogP contribution in [0.25, 0.3) is 0 Å². The van der Waals surface area contributed by atoms with Gasteiger partial charge in [-0.2, -0.15) is 5.10 Å². The number of aryl methyl sites for hydroxylation is 1. The third kappa shape index (κ3) is 3.67. The summed E-state index contributed by atoms with van der Waals surface area (Å²) in [5, 5.41) is 8.33. The van der Waals surface area contributed by atoms with Crippen molar-refractivity contribution in [2.24, 2.45) is 12.5 Å². The van der Waals surface area contributed by atoms with E-state index in [0.717, 1.165) is 31.5 Å². The Labute approximate surface area is 129 Å². The Morgan fingerprint density at radius 3 is 2.48 bits per heavy atom. The van der Waals surface area contributed by atoms with Crippen LogP contribution in [0, 0.1) is 5.41 Å². The number of nitrogens with one attached hydrogen (secondary N) is 1. The van der Waals surface area contributed by atoms with Crippen LogP contribution in [0.5, 0.6) is 0 Å². The minimum Gasteiger partial charge on any atom is -0.376 e. The van der Waals surface area contributed by atoms with E-state index in [1.807, 2.05) is 25.0 Å². The van der Waals surface area contributed by atoms with Gasteiger partial charge in [-0.25, -0.2) is 0 Å². The first kappa shape index (κ1) is 16.5. The molecular weight excluding hydrogens is 262 g/mol. The van der Waals surface area contributed by atoms with Crippen LogP contribution in [0.3, 0.4) is 0 Å². The van der Waals surface area contributed by atoms with Crippen molar-refractivity contribution in [3.63, 3.8) is 0 Å². The third-order valence-electron chi connectivity index (χ3n) is 5.01. The van der Waals surface area contributed by atoms with E-state index in [1.165, 1.54) is 12.8 Å². The first-order valence-electron chi connectivity index (χ1n) is 8.20. The van der Waals surface area contributed by atoms with Crippen molar-refractivity contribution in [2.45, 2.75) is 64.5 Å². The van der Waals surface area contributed by atoms with Crippen molar-refractivity contribution in [3.8, 4) is 0 Å². The Morgan fingerprint density at radius 1 is 1.33 bits per heavy atom. The molecule has 1 N–H and O–H groups in total. The summed E-state index contributed by atoms with van der Waals surface area (Å²) < 4.78 is 7.96. The van der Waals surface area contributed by atoms with Crippen LogP contribution < -0.4 is 5.32 Å². The second-order valence-electron chi connectivity index (χ2n) is 7.23. The van der Waals surface area contributed by atoms with Gasteiger partial charge in [-0.15, -0.1) is 0 Å². The summed E-state index contributed by atoms with van der Waals surface area (Å²) in [6, 6.07) is 2.30. The molecule has 1 heterocycles. The zero-order chi connectivity index (χ0) is 15.5. The number of hydrogen-bond acceptors (Lipinski definition) is 3. The van der Waals surface area contributed by atoms with Crippen LogP contribution in [-0.4, -0.2) is 29.0 Å². The van der Waals surface area contributed by atoms with Gasteiger partial charge in [0.25, 0.3) is 0 Å². The quantitative estimate of drug-likeness (QED) is 0.873. The lowest BCUT2D eigenvalue weighted by Gasteiger charge is -2.46. The van der Waals surface area contributed by atoms with Gasteiger partial charge in [0.05, 0.1) is 17.3 Å². The van der Waals surface area contributed by atoms with Crippen molar-refractivity contribution in [2.75, 3.05) is 13.7 Å². The van der Waals surface area contributed by atoms with Crippen LogP contribution in [0.2, 0.25) is 0 Å². The number of methoxy groups -OCH3 is 1. The summed E-state index contributed by atoms with van der Waals surface area (Å²) in [5.41, 5.74) is 1.41. The summed E-state index contributed by atoms with van der Waals surface area (Å²) in [4.78, 5) is 0. The monoisotopic (exact) mass is 293 g/mol. The second kappa shape index (κ2) is 6.49. The average molecular weight is 293 g/mol. The summed E-state index contributed by atoms with van der Waals surface area (Å²) in [6.07, 6.45) is 7.74. The normalized spacial score (nSPS) is 22.1. The molecule has 2 rings (SSSR count). The van der Waals surface area contributed by atoms with Crippen LogP contribution in [0.15, 0.2) is 12.3 Å². The van der Waals surface area contributed by atoms with Gasteiger partial charge in [0, 0.05) is 20.4 Å². The summed E-state index contributed by atoms with van der Waals surface area (Å²) in [5.74, 6) is 0. The maximum atomic E-state index is 6.08. The Kier molecular flexibility index (Phi) is 5.10. The fourth-order valence-corrected chi connectivity index (χ4v) is 3.40. The first-order chi connectivity index (χ1) is 9.92. The molecule has 0 spiro atoms. The number of ether oxygens (including phenoxy) is 1. The molecule has 1 aliphatic carbocycles. The molecule has 21 heavy (non-hydrogen) atoms. The molecule has 4 heteroatoms. The largest absolute Gasteiger partial charge is 0.376 e. The van der Waals surface area contributed by atoms with Crippen molar-refractivity contribution in [1.82, 2.24) is 15.1 Å². The van der Waals surface area contributed by atoms with E-state index in [-0.39, 0.29) is 11.6 Å². The Balaban J connectivity index is 2.25. The minimum atomic E-state index is -0.126. The molecule has 4 nitrogen and oxygen atoms in total. The molecule has 1 fully saturated rings. The highest BCUT2D eigenvalue weighted by molar-refractivity contribution is 5.14. The maximum absolute atomic E-state index is 6.08. The third-order valence-corrected chi connectivity index (χ3v) is 5.01. The molecule has 1 aliphatic rings. The topological polar surface area (TPSA) is 39.1 Å². The molecule has 1 unspecified atom stereocenters. The highest BCUT2D eigenvalue weighted by atomic mass is 16.5. The molecule has 0 aromatic carbocycles. The van der Waals surface area contributed by atoms with Gasteiger partial charge in [-0.1, -0.05) is 20.8 Å². The van der Waals surface area contributed by atoms with E-state index in [0.29, 0.717) is 5.41 Å². The van der Waals surface area contributed by atoms with E-state index >= 15 is 0 Å². The standard InChI is InChI=1S/C17H31N3O/c1-6-12-18-15(14-7-13-20(4)19-14)17(21-5)10-8-16(2,3)9-11-17/h7,13,15,18H,6,8-12H2,1-5H3. The zero-order valence-electron chi connectivity index (χ0n) is 14.3. The van der Waals surface area contributed by atoms with Crippen LogP contribution in [0.1, 0.15) is 64.6 Å². The van der Waals surface area contributed by atoms with Crippen molar-refractivity contribution in [1.29, 1.82) is 0 Å². The van der Waals surface area contributed by atoms with Crippen molar-refractivity contribution < 1.29 is 4.74 Å². The second-order valence-corrected chi connectivity index (χ2v) is 7.23. The fourth-order valence-electron chi connectivity index (χ4n) is 3.40. The van der Waals surface area contributed by atoms with E-state index in [9.17, 15) is 0 Å². The van der Waals surface area contributed by atoms with Crippen LogP contribution in [-0.2, 0) is 11.8 Å². The molecule has 1 atom stereocenters. The summed E-state index contributed by atoms with van der Waals surface area (Å²) >= 11 is 0. The molecular formula is C17H31N3O. The number of aromatic nitrogens is 2. The maximum Gasteiger partial charge on any atom is 0.0889 e. The molecule has 0 bridgehead atoms. The molecule has 1 aromatic rings. The lowest BCUT2D eigenvalue weighted by Crippen LogP contribution is -2.49. The van der Waals surface area contributed by atoms with Gasteiger partial charge in [-0.05, 0) is 50.1 Å². The Bertz CT molecular complexity index is 443. The predicted octanol–water partition coefficient (Wildman–Crippen LogP) is 3.45. The van der Waals surface area contributed by atoms with E-state index in [1.54, 1.807) is 0 Å². The lowest BCUT2D eigenvalue weighted by molar-refractivity contribution is -0.0885. The van der Waals surface area contributed by atoms with E-state index in [4.69, 9.17) is 4.74 Å². The molecule has 0 amide bonds. The van der Waals surface area contributed by atoms with Gasteiger partial charge in [-0.3, -0.25) is 4.68 Å². The van der Waals surface area contributed by atoms with E-state index in [2.05, 4.69) is 37.3 Å². The smallest absolute Gasteiger partial charge is 0.0889 e. The van der Waals surface area contributed by atoms with Crippen molar-refractivity contribution in [3.05, 3.63) is 18.0 Å².